The van der Waals surface area contributed by atoms with Crippen molar-refractivity contribution in [2.45, 2.75) is 6.42 Å². The zero-order valence-electron chi connectivity index (χ0n) is 10.2. The number of benzene rings is 1. The summed E-state index contributed by atoms with van der Waals surface area (Å²) in [4.78, 5) is 0. The molecule has 0 saturated heterocycles. The molecule has 0 radical (unpaired) electrons. The Morgan fingerprint density at radius 3 is 2.56 bits per heavy atom. The number of hydrogen-bond acceptors (Lipinski definition) is 4. The van der Waals surface area contributed by atoms with Gasteiger partial charge in [-0.3, -0.25) is 0 Å². The summed E-state index contributed by atoms with van der Waals surface area (Å²) in [5, 5.41) is 8.11. The lowest BCUT2D eigenvalue weighted by atomic mass is 10.1. The van der Waals surface area contributed by atoms with Crippen LogP contribution in [0.2, 0.25) is 0 Å². The summed E-state index contributed by atoms with van der Waals surface area (Å²) in [5.41, 5.74) is 1.93. The second-order valence-corrected chi connectivity index (χ2v) is 4.54. The van der Waals surface area contributed by atoms with Gasteiger partial charge in [0.15, 0.2) is 0 Å². The molecule has 0 saturated carbocycles. The highest BCUT2D eigenvalue weighted by Gasteiger charge is 2.08. The minimum atomic E-state index is 0.485. The predicted molar refractivity (Wildman–Crippen MR) is 72.1 cm³/mol. The largest absolute Gasteiger partial charge is 0.496 e. The molecule has 0 aliphatic carbocycles. The summed E-state index contributed by atoms with van der Waals surface area (Å²) < 4.78 is 11.2. The third-order valence-corrected chi connectivity index (χ3v) is 3.09. The van der Waals surface area contributed by atoms with Crippen LogP contribution in [0, 0.1) is 0 Å². The van der Waals surface area contributed by atoms with Crippen molar-refractivity contribution in [2.24, 2.45) is 0 Å². The van der Waals surface area contributed by atoms with Crippen molar-refractivity contribution in [3.63, 3.8) is 0 Å². The van der Waals surface area contributed by atoms with Crippen LogP contribution in [-0.2, 0) is 6.42 Å². The fourth-order valence-electron chi connectivity index (χ4n) is 1.66. The zero-order chi connectivity index (χ0) is 13.0. The fraction of sp³-hybridized carbons (Fsp3) is 0.231. The Morgan fingerprint density at radius 2 is 1.89 bits per heavy atom. The zero-order valence-corrected chi connectivity index (χ0v) is 11.8. The minimum Gasteiger partial charge on any atom is -0.496 e. The molecule has 94 valence electrons. The number of ether oxygens (including phenoxy) is 2. The number of aromatic nitrogens is 2. The first-order valence-corrected chi connectivity index (χ1v) is 6.22. The Bertz CT molecular complexity index is 546. The van der Waals surface area contributed by atoms with E-state index in [4.69, 9.17) is 9.47 Å². The Labute approximate surface area is 114 Å². The molecule has 0 unspecified atom stereocenters. The third kappa shape index (κ3) is 2.79. The first-order valence-electron chi connectivity index (χ1n) is 5.42. The van der Waals surface area contributed by atoms with Crippen molar-refractivity contribution >= 4 is 15.9 Å². The van der Waals surface area contributed by atoms with Crippen LogP contribution in [0.4, 0.5) is 0 Å². The first kappa shape index (κ1) is 12.8. The molecule has 0 aliphatic rings. The Morgan fingerprint density at radius 1 is 1.11 bits per heavy atom. The van der Waals surface area contributed by atoms with Gasteiger partial charge < -0.3 is 9.47 Å². The van der Waals surface area contributed by atoms with Crippen LogP contribution < -0.4 is 9.47 Å². The molecule has 0 N–H and O–H groups in total. The second kappa shape index (κ2) is 5.82. The van der Waals surface area contributed by atoms with Gasteiger partial charge in [-0.2, -0.15) is 5.10 Å². The quantitative estimate of drug-likeness (QED) is 0.871. The molecule has 2 rings (SSSR count). The maximum Gasteiger partial charge on any atom is 0.247 e. The van der Waals surface area contributed by atoms with Crippen LogP contribution in [0.1, 0.15) is 11.3 Å². The highest BCUT2D eigenvalue weighted by molar-refractivity contribution is 9.10. The number of hydrogen-bond donors (Lipinski definition) is 0. The van der Waals surface area contributed by atoms with E-state index in [0.717, 1.165) is 21.5 Å². The molecule has 1 heterocycles. The molecular weight excluding hydrogens is 296 g/mol. The molecule has 0 bridgehead atoms. The molecule has 2 aromatic rings. The smallest absolute Gasteiger partial charge is 0.247 e. The van der Waals surface area contributed by atoms with Crippen LogP contribution in [0.3, 0.4) is 0 Å². The third-order valence-electron chi connectivity index (χ3n) is 2.52. The second-order valence-electron chi connectivity index (χ2n) is 3.68. The molecule has 4 nitrogen and oxygen atoms in total. The Hall–Kier alpha value is -1.62. The molecule has 18 heavy (non-hydrogen) atoms. The van der Waals surface area contributed by atoms with Gasteiger partial charge in [0.25, 0.3) is 0 Å². The van der Waals surface area contributed by atoms with Gasteiger partial charge in [-0.1, -0.05) is 18.2 Å². The van der Waals surface area contributed by atoms with E-state index in [1.807, 2.05) is 30.3 Å². The van der Waals surface area contributed by atoms with Crippen molar-refractivity contribution in [1.82, 2.24) is 10.2 Å². The van der Waals surface area contributed by atoms with E-state index in [9.17, 15) is 0 Å². The summed E-state index contributed by atoms with van der Waals surface area (Å²) >= 11 is 3.40. The van der Waals surface area contributed by atoms with E-state index in [1.165, 1.54) is 0 Å². The summed E-state index contributed by atoms with van der Waals surface area (Å²) in [5.74, 6) is 1.34. The maximum absolute atomic E-state index is 5.31. The van der Waals surface area contributed by atoms with Crippen molar-refractivity contribution < 1.29 is 9.47 Å². The van der Waals surface area contributed by atoms with Crippen LogP contribution in [-0.4, -0.2) is 24.4 Å². The molecule has 1 aromatic carbocycles. The predicted octanol–water partition coefficient (Wildman–Crippen LogP) is 2.85. The molecule has 0 aliphatic heterocycles. The van der Waals surface area contributed by atoms with Crippen LogP contribution in [0.15, 0.2) is 34.8 Å². The topological polar surface area (TPSA) is 44.2 Å². The van der Waals surface area contributed by atoms with Crippen molar-refractivity contribution in [2.75, 3.05) is 14.2 Å². The van der Waals surface area contributed by atoms with Gasteiger partial charge in [0.05, 0.1) is 24.4 Å². The van der Waals surface area contributed by atoms with Crippen molar-refractivity contribution in [1.29, 1.82) is 0 Å². The van der Waals surface area contributed by atoms with E-state index in [0.29, 0.717) is 12.3 Å². The SMILES string of the molecule is COc1ccccc1Cc1cc(Br)c(OC)nn1. The van der Waals surface area contributed by atoms with E-state index in [1.54, 1.807) is 14.2 Å². The number of para-hydroxylation sites is 1. The van der Waals surface area contributed by atoms with E-state index in [2.05, 4.69) is 26.1 Å². The van der Waals surface area contributed by atoms with Gasteiger partial charge in [0.2, 0.25) is 5.88 Å². The van der Waals surface area contributed by atoms with Gasteiger partial charge in [-0.05, 0) is 28.1 Å². The average Bonchev–Trinajstić information content (AvgIpc) is 2.39. The van der Waals surface area contributed by atoms with Crippen LogP contribution >= 0.6 is 15.9 Å². The molecule has 0 amide bonds. The molecule has 1 aromatic heterocycles. The lowest BCUT2D eigenvalue weighted by molar-refractivity contribution is 0.388. The molecule has 5 heteroatoms. The normalized spacial score (nSPS) is 10.2. The van der Waals surface area contributed by atoms with Gasteiger partial charge in [0.1, 0.15) is 5.75 Å². The maximum atomic E-state index is 5.31. The highest BCUT2D eigenvalue weighted by atomic mass is 79.9. The summed E-state index contributed by atoms with van der Waals surface area (Å²) in [6.45, 7) is 0. The van der Waals surface area contributed by atoms with E-state index < -0.39 is 0 Å². The molecule has 0 spiro atoms. The van der Waals surface area contributed by atoms with Crippen LogP contribution in [0.5, 0.6) is 11.6 Å². The van der Waals surface area contributed by atoms with Gasteiger partial charge >= 0.3 is 0 Å². The van der Waals surface area contributed by atoms with Crippen molar-refractivity contribution in [3.05, 3.63) is 46.1 Å². The molecule has 0 atom stereocenters. The summed E-state index contributed by atoms with van der Waals surface area (Å²) in [6, 6.07) is 9.76. The summed E-state index contributed by atoms with van der Waals surface area (Å²) in [6.07, 6.45) is 0.666. The highest BCUT2D eigenvalue weighted by Crippen LogP contribution is 2.24. The van der Waals surface area contributed by atoms with Crippen molar-refractivity contribution in [3.8, 4) is 11.6 Å². The number of methoxy groups -OCH3 is 2. The molecule has 0 fully saturated rings. The van der Waals surface area contributed by atoms with Gasteiger partial charge in [-0.15, -0.1) is 5.10 Å². The summed E-state index contributed by atoms with van der Waals surface area (Å²) in [7, 11) is 3.23. The number of rotatable bonds is 4. The monoisotopic (exact) mass is 308 g/mol. The Kier molecular flexibility index (Phi) is 4.15. The van der Waals surface area contributed by atoms with Gasteiger partial charge in [-0.25, -0.2) is 0 Å². The number of nitrogens with zero attached hydrogens (tertiary/aromatic N) is 2. The molecular formula is C13H13BrN2O2. The van der Waals surface area contributed by atoms with Crippen LogP contribution in [0.25, 0.3) is 0 Å². The standard InChI is InChI=1S/C13H13BrN2O2/c1-17-12-6-4-3-5-9(12)7-10-8-11(14)13(18-2)16-15-10/h3-6,8H,7H2,1-2H3. The van der Waals surface area contributed by atoms with E-state index in [-0.39, 0.29) is 0 Å². The number of halogens is 1. The van der Waals surface area contributed by atoms with Gasteiger partial charge in [0, 0.05) is 12.0 Å². The fourth-order valence-corrected chi connectivity index (χ4v) is 2.17. The lowest BCUT2D eigenvalue weighted by Crippen LogP contribution is -1.99. The minimum absolute atomic E-state index is 0.485. The van der Waals surface area contributed by atoms with E-state index >= 15 is 0 Å². The average molecular weight is 309 g/mol. The lowest BCUT2D eigenvalue weighted by Gasteiger charge is -2.08. The first-order chi connectivity index (χ1) is 8.74. The Balaban J connectivity index is 2.26.